The van der Waals surface area contributed by atoms with E-state index in [4.69, 9.17) is 18.5 Å². The number of aliphatic hydroxyl groups excluding tert-OH is 3. The van der Waals surface area contributed by atoms with Crippen molar-refractivity contribution in [1.29, 1.82) is 0 Å². The number of phosphoric ester groups is 3. The highest BCUT2D eigenvalue weighted by Crippen LogP contribution is 2.51. The third-order valence-corrected chi connectivity index (χ3v) is 13.2. The first-order valence-corrected chi connectivity index (χ1v) is 27.9. The maximum Gasteiger partial charge on any atom is 0.472 e. The first kappa shape index (κ1) is 60.2. The molecule has 0 aromatic carbocycles. The Bertz CT molecular complexity index is 1380. The molecule has 4 unspecified atom stereocenters. The van der Waals surface area contributed by atoms with E-state index in [1.807, 2.05) is 6.92 Å². The van der Waals surface area contributed by atoms with Crippen molar-refractivity contribution in [2.45, 2.75) is 211 Å². The SMILES string of the molecule is CCCCCCCCCCCCCCCC(=O)O[C@H](COC(=O)CCCCCCCCCSC(=O)CCC)COP(=O)(O)OC1C(O)[C@@H](OP(=O)(O)O)C(O)[C@@H](OP(=O)(O)O)[C@H]1O. The lowest BCUT2D eigenvalue weighted by Crippen LogP contribution is -2.65. The normalized spacial score (nSPS) is 22.1. The van der Waals surface area contributed by atoms with Gasteiger partial charge in [0.2, 0.25) is 0 Å². The minimum Gasteiger partial charge on any atom is -0.462 e. The Labute approximate surface area is 376 Å². The summed E-state index contributed by atoms with van der Waals surface area (Å²) in [5.41, 5.74) is 0. The fourth-order valence-electron chi connectivity index (χ4n) is 6.84. The number of hydrogen-bond donors (Lipinski definition) is 8. The molecule has 0 aliphatic heterocycles. The van der Waals surface area contributed by atoms with E-state index in [1.54, 1.807) is 0 Å². The van der Waals surface area contributed by atoms with Crippen LogP contribution in [0, 0.1) is 0 Å². The van der Waals surface area contributed by atoms with Crippen LogP contribution in [-0.2, 0) is 55.6 Å². The van der Waals surface area contributed by atoms with Crippen LogP contribution >= 0.6 is 35.2 Å². The van der Waals surface area contributed by atoms with Crippen LogP contribution in [0.3, 0.4) is 0 Å². The van der Waals surface area contributed by atoms with Crippen LogP contribution in [0.5, 0.6) is 0 Å². The third-order valence-electron chi connectivity index (χ3n) is 10.2. The van der Waals surface area contributed by atoms with E-state index in [0.717, 1.165) is 82.8 Å². The molecule has 372 valence electrons. The molecule has 0 amide bonds. The minimum atomic E-state index is -5.55. The van der Waals surface area contributed by atoms with E-state index in [9.17, 15) is 67.9 Å². The number of hydrogen-bond acceptors (Lipinski definition) is 16. The van der Waals surface area contributed by atoms with E-state index < -0.39 is 91.3 Å². The second kappa shape index (κ2) is 33.6. The molecule has 0 radical (unpaired) electrons. The highest BCUT2D eigenvalue weighted by molar-refractivity contribution is 8.13. The van der Waals surface area contributed by atoms with Crippen LogP contribution in [-0.4, -0.2) is 119 Å². The number of unbranched alkanes of at least 4 members (excludes halogenated alkanes) is 18. The number of aliphatic hydroxyl groups is 3. The maximum absolute atomic E-state index is 13.1. The summed E-state index contributed by atoms with van der Waals surface area (Å²) in [7, 11) is -16.6. The standard InChI is InChI=1S/C39H75O20P3S/c1-3-5-6-7-8-9-10-11-12-13-15-19-22-26-32(41)56-30(28-54-31(40)25-21-18-16-14-17-20-23-27-63-33(42)24-4-2)29-55-62(52,53)59-39-35(44)37(57-60(46,47)48)34(43)38(36(39)45)58-61(49,50)51/h30,34-39,43-45H,3-29H2,1-2H3,(H,52,53)(H2,46,47,48)(H2,49,50,51)/t30-,34?,35-,36?,37-,38+,39?/m1/s1. The second-order valence-electron chi connectivity index (χ2n) is 15.9. The van der Waals surface area contributed by atoms with Crippen molar-refractivity contribution in [3.8, 4) is 0 Å². The highest BCUT2D eigenvalue weighted by Gasteiger charge is 2.56. The van der Waals surface area contributed by atoms with E-state index in [2.05, 4.69) is 16.0 Å². The topological polar surface area (TPSA) is 320 Å². The lowest BCUT2D eigenvalue weighted by Gasteiger charge is -2.44. The van der Waals surface area contributed by atoms with Gasteiger partial charge in [0.25, 0.3) is 0 Å². The molecule has 1 fully saturated rings. The van der Waals surface area contributed by atoms with Gasteiger partial charge in [0.15, 0.2) is 11.2 Å². The number of phosphoric acid groups is 3. The summed E-state index contributed by atoms with van der Waals surface area (Å²) in [5.74, 6) is -0.546. The van der Waals surface area contributed by atoms with Gasteiger partial charge in [-0.3, -0.25) is 32.5 Å². The van der Waals surface area contributed by atoms with Gasteiger partial charge in [-0.25, -0.2) is 13.7 Å². The molecule has 8 atom stereocenters. The van der Waals surface area contributed by atoms with Gasteiger partial charge in [-0.2, -0.15) is 0 Å². The molecule has 63 heavy (non-hydrogen) atoms. The molecule has 0 heterocycles. The molecule has 1 aliphatic rings. The molecular weight excluding hydrogens is 913 g/mol. The predicted molar refractivity (Wildman–Crippen MR) is 233 cm³/mol. The molecule has 8 N–H and O–H groups in total. The Kier molecular flexibility index (Phi) is 32.1. The van der Waals surface area contributed by atoms with Crippen LogP contribution < -0.4 is 0 Å². The van der Waals surface area contributed by atoms with Crippen molar-refractivity contribution < 1.29 is 95.4 Å². The fourth-order valence-corrected chi connectivity index (χ4v) is 9.87. The number of rotatable bonds is 38. The van der Waals surface area contributed by atoms with Gasteiger partial charge in [-0.05, 0) is 25.7 Å². The smallest absolute Gasteiger partial charge is 0.462 e. The number of carbonyl (C=O) groups is 3. The first-order valence-electron chi connectivity index (χ1n) is 22.4. The van der Waals surface area contributed by atoms with Crippen LogP contribution in [0.15, 0.2) is 0 Å². The Morgan fingerprint density at radius 2 is 0.905 bits per heavy atom. The molecule has 1 saturated carbocycles. The second-order valence-corrected chi connectivity index (χ2v) is 20.9. The summed E-state index contributed by atoms with van der Waals surface area (Å²) < 4.78 is 65.3. The highest BCUT2D eigenvalue weighted by atomic mass is 32.2. The molecule has 0 spiro atoms. The van der Waals surface area contributed by atoms with Crippen molar-refractivity contribution in [2.75, 3.05) is 19.0 Å². The van der Waals surface area contributed by atoms with Crippen LogP contribution in [0.4, 0.5) is 0 Å². The zero-order chi connectivity index (χ0) is 47.3. The molecule has 0 aromatic rings. The molecule has 0 saturated heterocycles. The van der Waals surface area contributed by atoms with E-state index >= 15 is 0 Å². The number of thioether (sulfide) groups is 1. The zero-order valence-electron chi connectivity index (χ0n) is 36.9. The third kappa shape index (κ3) is 30.2. The van der Waals surface area contributed by atoms with E-state index in [1.165, 1.54) is 56.7 Å². The average Bonchev–Trinajstić information content (AvgIpc) is 3.19. The Morgan fingerprint density at radius 3 is 1.33 bits per heavy atom. The summed E-state index contributed by atoms with van der Waals surface area (Å²) in [4.78, 5) is 84.7. The summed E-state index contributed by atoms with van der Waals surface area (Å²) in [6, 6.07) is 0. The lowest BCUT2D eigenvalue weighted by atomic mass is 9.85. The average molecular weight is 989 g/mol. The van der Waals surface area contributed by atoms with E-state index in [0.29, 0.717) is 19.3 Å². The largest absolute Gasteiger partial charge is 0.472 e. The number of esters is 2. The molecule has 24 heteroatoms. The zero-order valence-corrected chi connectivity index (χ0v) is 40.4. The Morgan fingerprint density at radius 1 is 0.508 bits per heavy atom. The maximum atomic E-state index is 13.1. The van der Waals surface area contributed by atoms with Gasteiger partial charge in [-0.1, -0.05) is 135 Å². The molecule has 0 aromatic heterocycles. The number of carbonyl (C=O) groups excluding carboxylic acids is 3. The van der Waals surface area contributed by atoms with Gasteiger partial charge in [0, 0.05) is 25.0 Å². The number of ether oxygens (including phenoxy) is 2. The van der Waals surface area contributed by atoms with Crippen molar-refractivity contribution in [2.24, 2.45) is 0 Å². The van der Waals surface area contributed by atoms with Crippen molar-refractivity contribution in [3.05, 3.63) is 0 Å². The lowest BCUT2D eigenvalue weighted by molar-refractivity contribution is -0.213. The van der Waals surface area contributed by atoms with Gasteiger partial charge in [0.1, 0.15) is 43.2 Å². The Hall–Kier alpha value is -0.830. The Balaban J connectivity index is 2.78. The van der Waals surface area contributed by atoms with Gasteiger partial charge in [-0.15, -0.1) is 0 Å². The minimum absolute atomic E-state index is 0.0178. The van der Waals surface area contributed by atoms with E-state index in [-0.39, 0.29) is 18.0 Å². The van der Waals surface area contributed by atoms with Crippen LogP contribution in [0.25, 0.3) is 0 Å². The predicted octanol–water partition coefficient (Wildman–Crippen LogP) is 6.66. The first-order chi connectivity index (χ1) is 29.7. The summed E-state index contributed by atoms with van der Waals surface area (Å²) in [5, 5.41) is 32.0. The summed E-state index contributed by atoms with van der Waals surface area (Å²) >= 11 is 1.37. The molecule has 1 aliphatic carbocycles. The molecule has 1 rings (SSSR count). The van der Waals surface area contributed by atoms with Gasteiger partial charge < -0.3 is 49.3 Å². The fraction of sp³-hybridized carbons (Fsp3) is 0.923. The monoisotopic (exact) mass is 988 g/mol. The van der Waals surface area contributed by atoms with Crippen molar-refractivity contribution in [3.63, 3.8) is 0 Å². The van der Waals surface area contributed by atoms with Crippen LogP contribution in [0.2, 0.25) is 0 Å². The van der Waals surface area contributed by atoms with Gasteiger partial charge >= 0.3 is 35.4 Å². The van der Waals surface area contributed by atoms with Crippen LogP contribution in [0.1, 0.15) is 168 Å². The molecule has 0 bridgehead atoms. The van der Waals surface area contributed by atoms with Crippen molar-refractivity contribution >= 4 is 52.3 Å². The van der Waals surface area contributed by atoms with Gasteiger partial charge in [0.05, 0.1) is 6.61 Å². The van der Waals surface area contributed by atoms with Crippen molar-refractivity contribution in [1.82, 2.24) is 0 Å². The summed E-state index contributed by atoms with van der Waals surface area (Å²) in [6.07, 6.45) is 5.26. The molecular formula is C39H75O20P3S. The molecule has 20 nitrogen and oxygen atoms in total. The summed E-state index contributed by atoms with van der Waals surface area (Å²) in [6.45, 7) is 2.63. The quantitative estimate of drug-likeness (QED) is 0.0182.